The molecule has 168 valence electrons. The molecule has 3 rings (SSSR count). The summed E-state index contributed by atoms with van der Waals surface area (Å²) in [5.41, 5.74) is 6.77. The Morgan fingerprint density at radius 1 is 1.22 bits per heavy atom. The number of carbonyl (C=O) groups excluding carboxylic acids is 3. The number of hydrogen-bond donors (Lipinski definition) is 3. The number of primary amides is 1. The van der Waals surface area contributed by atoms with E-state index in [4.69, 9.17) is 5.73 Å². The van der Waals surface area contributed by atoms with Crippen LogP contribution < -0.4 is 16.4 Å². The van der Waals surface area contributed by atoms with E-state index in [2.05, 4.69) is 10.6 Å². The molecule has 0 radical (unpaired) electrons. The van der Waals surface area contributed by atoms with E-state index >= 15 is 0 Å². The molecular formula is C22H25N5O5. The number of rotatable bonds is 8. The van der Waals surface area contributed by atoms with E-state index in [1.807, 2.05) is 17.0 Å². The molecule has 0 spiro atoms. The first-order chi connectivity index (χ1) is 15.3. The molecule has 10 nitrogen and oxygen atoms in total. The molecular weight excluding hydrogens is 414 g/mol. The highest BCUT2D eigenvalue weighted by Gasteiger charge is 2.29. The van der Waals surface area contributed by atoms with Gasteiger partial charge in [0.15, 0.2) is 0 Å². The number of benzene rings is 2. The van der Waals surface area contributed by atoms with Crippen molar-refractivity contribution >= 4 is 29.1 Å². The van der Waals surface area contributed by atoms with Gasteiger partial charge in [-0.3, -0.25) is 29.4 Å². The van der Waals surface area contributed by atoms with Crippen LogP contribution in [-0.2, 0) is 16.1 Å². The van der Waals surface area contributed by atoms with Crippen LogP contribution in [0.3, 0.4) is 0 Å². The number of carbonyl (C=O) groups is 3. The second-order valence-corrected chi connectivity index (χ2v) is 7.68. The van der Waals surface area contributed by atoms with E-state index in [9.17, 15) is 24.5 Å². The van der Waals surface area contributed by atoms with Gasteiger partial charge in [-0.05, 0) is 44.0 Å². The monoisotopic (exact) mass is 439 g/mol. The number of non-ortho nitro benzene ring substituents is 1. The van der Waals surface area contributed by atoms with Gasteiger partial charge in [0, 0.05) is 29.9 Å². The number of nitro benzene ring substituents is 1. The first kappa shape index (κ1) is 22.9. The van der Waals surface area contributed by atoms with Crippen molar-refractivity contribution in [3.05, 3.63) is 69.8 Å². The fourth-order valence-electron chi connectivity index (χ4n) is 3.68. The van der Waals surface area contributed by atoms with E-state index in [1.165, 1.54) is 25.1 Å². The lowest BCUT2D eigenvalue weighted by Gasteiger charge is -2.23. The first-order valence-corrected chi connectivity index (χ1v) is 10.2. The summed E-state index contributed by atoms with van der Waals surface area (Å²) in [6.45, 7) is 2.72. The van der Waals surface area contributed by atoms with Crippen molar-refractivity contribution in [2.24, 2.45) is 5.73 Å². The summed E-state index contributed by atoms with van der Waals surface area (Å²) < 4.78 is 0. The van der Waals surface area contributed by atoms with Crippen LogP contribution in [0.2, 0.25) is 0 Å². The van der Waals surface area contributed by atoms with Crippen molar-refractivity contribution in [2.45, 2.75) is 38.4 Å². The molecule has 1 fully saturated rings. The third-order valence-electron chi connectivity index (χ3n) is 5.40. The minimum absolute atomic E-state index is 0.0887. The summed E-state index contributed by atoms with van der Waals surface area (Å²) in [6.07, 6.45) is 1.59. The van der Waals surface area contributed by atoms with Crippen LogP contribution in [0.4, 0.5) is 11.4 Å². The largest absolute Gasteiger partial charge is 0.368 e. The first-order valence-electron chi connectivity index (χ1n) is 10.2. The number of likely N-dealkylation sites (tertiary alicyclic amines) is 1. The highest BCUT2D eigenvalue weighted by molar-refractivity contribution is 6.01. The number of nitrogens with one attached hydrogen (secondary N) is 2. The number of nitrogens with zero attached hydrogens (tertiary/aromatic N) is 2. The molecule has 1 aliphatic heterocycles. The molecule has 1 aliphatic rings. The summed E-state index contributed by atoms with van der Waals surface area (Å²) in [5, 5.41) is 16.3. The van der Waals surface area contributed by atoms with Crippen molar-refractivity contribution in [3.8, 4) is 0 Å². The number of anilines is 1. The van der Waals surface area contributed by atoms with E-state index in [-0.39, 0.29) is 23.2 Å². The van der Waals surface area contributed by atoms with Crippen LogP contribution in [0.25, 0.3) is 0 Å². The SMILES string of the molecule is CC(NC(=O)c1cccc([N+](=O)[O-])c1)C(=O)Nc1ccccc1CN1CCCC1C(N)=O. The van der Waals surface area contributed by atoms with Gasteiger partial charge in [0.2, 0.25) is 11.8 Å². The Morgan fingerprint density at radius 2 is 1.97 bits per heavy atom. The van der Waals surface area contributed by atoms with Gasteiger partial charge >= 0.3 is 0 Å². The van der Waals surface area contributed by atoms with Crippen molar-refractivity contribution in [2.75, 3.05) is 11.9 Å². The Balaban J connectivity index is 1.65. The maximum atomic E-state index is 12.7. The Bertz CT molecular complexity index is 1040. The molecule has 0 aliphatic carbocycles. The Labute approximate surface area is 184 Å². The average Bonchev–Trinajstić information content (AvgIpc) is 3.23. The number of para-hydroxylation sites is 1. The minimum atomic E-state index is -0.889. The van der Waals surface area contributed by atoms with Crippen LogP contribution >= 0.6 is 0 Å². The van der Waals surface area contributed by atoms with Gasteiger partial charge in [-0.2, -0.15) is 0 Å². The van der Waals surface area contributed by atoms with E-state index in [0.29, 0.717) is 18.7 Å². The standard InChI is InChI=1S/C22H25N5O5/c1-14(24-22(30)15-7-4-8-17(12-15)27(31)32)21(29)25-18-9-3-2-6-16(18)13-26-11-5-10-19(26)20(23)28/h2-4,6-9,12,14,19H,5,10-11,13H2,1H3,(H2,23,28)(H,24,30)(H,25,29). The molecule has 2 atom stereocenters. The zero-order valence-electron chi connectivity index (χ0n) is 17.6. The van der Waals surface area contributed by atoms with Crippen molar-refractivity contribution < 1.29 is 19.3 Å². The smallest absolute Gasteiger partial charge is 0.270 e. The summed E-state index contributed by atoms with van der Waals surface area (Å²) in [4.78, 5) is 49.1. The maximum Gasteiger partial charge on any atom is 0.270 e. The molecule has 0 aromatic heterocycles. The normalized spacial score (nSPS) is 16.8. The molecule has 32 heavy (non-hydrogen) atoms. The number of nitro groups is 1. The van der Waals surface area contributed by atoms with Crippen molar-refractivity contribution in [1.82, 2.24) is 10.2 Å². The second-order valence-electron chi connectivity index (χ2n) is 7.68. The molecule has 1 saturated heterocycles. The van der Waals surface area contributed by atoms with Crippen LogP contribution in [0.1, 0.15) is 35.7 Å². The van der Waals surface area contributed by atoms with Crippen molar-refractivity contribution in [1.29, 1.82) is 0 Å². The summed E-state index contributed by atoms with van der Waals surface area (Å²) in [7, 11) is 0. The Morgan fingerprint density at radius 3 is 2.69 bits per heavy atom. The van der Waals surface area contributed by atoms with Gasteiger partial charge in [-0.15, -0.1) is 0 Å². The number of hydrogen-bond acceptors (Lipinski definition) is 6. The maximum absolute atomic E-state index is 12.7. The molecule has 2 unspecified atom stereocenters. The molecule has 2 aromatic rings. The van der Waals surface area contributed by atoms with Gasteiger partial charge < -0.3 is 16.4 Å². The quantitative estimate of drug-likeness (QED) is 0.422. The predicted molar refractivity (Wildman–Crippen MR) is 118 cm³/mol. The summed E-state index contributed by atoms with van der Waals surface area (Å²) in [5.74, 6) is -1.39. The molecule has 3 amide bonds. The van der Waals surface area contributed by atoms with Crippen LogP contribution in [0.15, 0.2) is 48.5 Å². The van der Waals surface area contributed by atoms with Gasteiger partial charge in [0.05, 0.1) is 11.0 Å². The molecule has 2 aromatic carbocycles. The minimum Gasteiger partial charge on any atom is -0.368 e. The molecule has 4 N–H and O–H groups in total. The molecule has 1 heterocycles. The van der Waals surface area contributed by atoms with Gasteiger partial charge in [0.25, 0.3) is 11.6 Å². The van der Waals surface area contributed by atoms with Crippen LogP contribution in [0, 0.1) is 10.1 Å². The Hall–Kier alpha value is -3.79. The van der Waals surface area contributed by atoms with Crippen LogP contribution in [0.5, 0.6) is 0 Å². The van der Waals surface area contributed by atoms with E-state index < -0.39 is 22.8 Å². The lowest BCUT2D eigenvalue weighted by molar-refractivity contribution is -0.384. The number of amides is 3. The highest BCUT2D eigenvalue weighted by Crippen LogP contribution is 2.24. The molecule has 10 heteroatoms. The Kier molecular flexibility index (Phi) is 7.16. The predicted octanol–water partition coefficient (Wildman–Crippen LogP) is 1.80. The zero-order valence-corrected chi connectivity index (χ0v) is 17.6. The van der Waals surface area contributed by atoms with Gasteiger partial charge in [-0.25, -0.2) is 0 Å². The topological polar surface area (TPSA) is 148 Å². The summed E-state index contributed by atoms with van der Waals surface area (Å²) in [6, 6.07) is 11.3. The molecule has 0 saturated carbocycles. The highest BCUT2D eigenvalue weighted by atomic mass is 16.6. The lowest BCUT2D eigenvalue weighted by atomic mass is 10.1. The van der Waals surface area contributed by atoms with E-state index in [0.717, 1.165) is 24.6 Å². The number of nitrogens with two attached hydrogens (primary N) is 1. The average molecular weight is 439 g/mol. The van der Waals surface area contributed by atoms with E-state index in [1.54, 1.807) is 12.1 Å². The second kappa shape index (κ2) is 10.0. The lowest BCUT2D eigenvalue weighted by Crippen LogP contribution is -2.42. The third kappa shape index (κ3) is 5.46. The van der Waals surface area contributed by atoms with Crippen molar-refractivity contribution in [3.63, 3.8) is 0 Å². The third-order valence-corrected chi connectivity index (χ3v) is 5.40. The zero-order chi connectivity index (χ0) is 23.3. The fraction of sp³-hybridized carbons (Fsp3) is 0.318. The van der Waals surface area contributed by atoms with Crippen LogP contribution in [-0.4, -0.2) is 46.2 Å². The fourth-order valence-corrected chi connectivity index (χ4v) is 3.68. The summed E-state index contributed by atoms with van der Waals surface area (Å²) >= 11 is 0. The van der Waals surface area contributed by atoms with Gasteiger partial charge in [0.1, 0.15) is 6.04 Å². The molecule has 0 bridgehead atoms. The van der Waals surface area contributed by atoms with Gasteiger partial charge in [-0.1, -0.05) is 24.3 Å².